The van der Waals surface area contributed by atoms with Gasteiger partial charge in [0.25, 0.3) is 0 Å². The highest BCUT2D eigenvalue weighted by Crippen LogP contribution is 2.26. The largest absolute Gasteiger partial charge is 0.485 e. The van der Waals surface area contributed by atoms with Gasteiger partial charge in [-0.2, -0.15) is 0 Å². The van der Waals surface area contributed by atoms with Crippen LogP contribution in [0.4, 0.5) is 4.79 Å². The molecule has 2 amide bonds. The Morgan fingerprint density at radius 3 is 2.89 bits per heavy atom. The first-order chi connectivity index (χ1) is 9.20. The number of halogens is 1. The van der Waals surface area contributed by atoms with Gasteiger partial charge in [-0.25, -0.2) is 4.79 Å². The molecule has 1 aliphatic rings. The van der Waals surface area contributed by atoms with Gasteiger partial charge in [0.2, 0.25) is 0 Å². The topological polar surface area (TPSA) is 50.8 Å². The average molecular weight is 285 g/mol. The number of carbonyl (C=O) groups is 1. The van der Waals surface area contributed by atoms with Crippen molar-refractivity contribution < 1.29 is 14.3 Å². The zero-order valence-electron chi connectivity index (χ0n) is 10.8. The summed E-state index contributed by atoms with van der Waals surface area (Å²) in [6.07, 6.45) is 0.00748. The van der Waals surface area contributed by atoms with Crippen molar-refractivity contribution in [2.24, 2.45) is 0 Å². The number of rotatable bonds is 5. The Hall–Kier alpha value is -1.46. The van der Waals surface area contributed by atoms with Gasteiger partial charge < -0.3 is 19.7 Å². The van der Waals surface area contributed by atoms with E-state index < -0.39 is 0 Å². The fraction of sp³-hybridized carbons (Fsp3) is 0.462. The lowest BCUT2D eigenvalue weighted by molar-refractivity contribution is 0.0439. The summed E-state index contributed by atoms with van der Waals surface area (Å²) in [6, 6.07) is 7.24. The van der Waals surface area contributed by atoms with Crippen molar-refractivity contribution in [2.75, 3.05) is 33.4 Å². The number of urea groups is 1. The molecule has 5 nitrogen and oxygen atoms in total. The zero-order chi connectivity index (χ0) is 13.7. The van der Waals surface area contributed by atoms with Gasteiger partial charge in [-0.3, -0.25) is 0 Å². The summed E-state index contributed by atoms with van der Waals surface area (Å²) in [7, 11) is 1.60. The van der Waals surface area contributed by atoms with Gasteiger partial charge in [0.05, 0.1) is 24.7 Å². The summed E-state index contributed by atoms with van der Waals surface area (Å²) in [5.41, 5.74) is 0. The molecule has 0 saturated carbocycles. The summed E-state index contributed by atoms with van der Waals surface area (Å²) in [4.78, 5) is 13.3. The van der Waals surface area contributed by atoms with Gasteiger partial charge in [0.1, 0.15) is 11.9 Å². The first-order valence-electron chi connectivity index (χ1n) is 6.13. The minimum atomic E-state index is -0.0870. The van der Waals surface area contributed by atoms with E-state index in [0.29, 0.717) is 37.0 Å². The Bertz CT molecular complexity index is 436. The molecule has 6 heteroatoms. The van der Waals surface area contributed by atoms with Gasteiger partial charge in [0, 0.05) is 13.7 Å². The summed E-state index contributed by atoms with van der Waals surface area (Å²) in [6.45, 7) is 2.18. The average Bonchev–Trinajstić information content (AvgIpc) is 2.35. The van der Waals surface area contributed by atoms with Crippen molar-refractivity contribution in [3.63, 3.8) is 0 Å². The van der Waals surface area contributed by atoms with E-state index in [1.807, 2.05) is 18.2 Å². The number of ether oxygens (including phenoxy) is 2. The molecule has 104 valence electrons. The number of amides is 2. The molecule has 0 spiro atoms. The summed E-state index contributed by atoms with van der Waals surface area (Å²) in [5, 5.41) is 3.35. The van der Waals surface area contributed by atoms with E-state index in [9.17, 15) is 4.79 Å². The molecule has 2 rings (SSSR count). The van der Waals surface area contributed by atoms with Crippen molar-refractivity contribution in [3.8, 4) is 5.75 Å². The number of hydrogen-bond acceptors (Lipinski definition) is 3. The second-order valence-corrected chi connectivity index (χ2v) is 4.71. The van der Waals surface area contributed by atoms with Gasteiger partial charge >= 0.3 is 6.03 Å². The van der Waals surface area contributed by atoms with Crippen LogP contribution in [-0.2, 0) is 4.74 Å². The number of methoxy groups -OCH3 is 1. The van der Waals surface area contributed by atoms with Gasteiger partial charge in [-0.15, -0.1) is 0 Å². The first-order valence-corrected chi connectivity index (χ1v) is 6.51. The summed E-state index contributed by atoms with van der Waals surface area (Å²) in [5.74, 6) is 0.661. The lowest BCUT2D eigenvalue weighted by Crippen LogP contribution is -2.59. The van der Waals surface area contributed by atoms with Crippen LogP contribution in [0.15, 0.2) is 24.3 Å². The van der Waals surface area contributed by atoms with E-state index in [2.05, 4.69) is 5.32 Å². The van der Waals surface area contributed by atoms with E-state index in [1.165, 1.54) is 0 Å². The second-order valence-electron chi connectivity index (χ2n) is 4.30. The fourth-order valence-corrected chi connectivity index (χ4v) is 1.95. The highest BCUT2D eigenvalue weighted by molar-refractivity contribution is 6.32. The third-order valence-electron chi connectivity index (χ3n) is 2.85. The number of hydrogen-bond donors (Lipinski definition) is 1. The smallest absolute Gasteiger partial charge is 0.317 e. The lowest BCUT2D eigenvalue weighted by Gasteiger charge is -2.38. The Morgan fingerprint density at radius 1 is 1.47 bits per heavy atom. The molecule has 19 heavy (non-hydrogen) atoms. The highest BCUT2D eigenvalue weighted by Gasteiger charge is 2.32. The van der Waals surface area contributed by atoms with Crippen LogP contribution in [0.25, 0.3) is 0 Å². The van der Waals surface area contributed by atoms with Crippen LogP contribution in [0.3, 0.4) is 0 Å². The molecule has 0 atom stereocenters. The molecule has 1 aromatic carbocycles. The van der Waals surface area contributed by atoms with Crippen molar-refractivity contribution >= 4 is 17.6 Å². The fourth-order valence-electron chi connectivity index (χ4n) is 1.77. The van der Waals surface area contributed by atoms with Crippen molar-refractivity contribution in [1.82, 2.24) is 10.2 Å². The second kappa shape index (κ2) is 6.63. The maximum Gasteiger partial charge on any atom is 0.317 e. The third-order valence-corrected chi connectivity index (χ3v) is 3.16. The molecule has 0 aliphatic carbocycles. The van der Waals surface area contributed by atoms with Crippen LogP contribution in [-0.4, -0.2) is 50.4 Å². The molecule has 0 radical (unpaired) electrons. The molecule has 1 fully saturated rings. The van der Waals surface area contributed by atoms with Gasteiger partial charge in [-0.1, -0.05) is 23.7 Å². The molecule has 1 heterocycles. The maximum atomic E-state index is 11.6. The predicted molar refractivity (Wildman–Crippen MR) is 72.7 cm³/mol. The Balaban J connectivity index is 1.71. The van der Waals surface area contributed by atoms with Crippen LogP contribution in [0.2, 0.25) is 5.02 Å². The van der Waals surface area contributed by atoms with E-state index in [-0.39, 0.29) is 12.1 Å². The molecule has 1 aromatic rings. The molecule has 1 aliphatic heterocycles. The minimum absolute atomic E-state index is 0.00748. The van der Waals surface area contributed by atoms with Gasteiger partial charge in [0.15, 0.2) is 0 Å². The highest BCUT2D eigenvalue weighted by atomic mass is 35.5. The minimum Gasteiger partial charge on any atom is -0.485 e. The Morgan fingerprint density at radius 2 is 2.21 bits per heavy atom. The van der Waals surface area contributed by atoms with Gasteiger partial charge in [-0.05, 0) is 12.1 Å². The van der Waals surface area contributed by atoms with Crippen LogP contribution in [0.1, 0.15) is 0 Å². The number of para-hydroxylation sites is 1. The van der Waals surface area contributed by atoms with Crippen LogP contribution >= 0.6 is 11.6 Å². The number of nitrogens with one attached hydrogen (secondary N) is 1. The first kappa shape index (κ1) is 14.0. The van der Waals surface area contributed by atoms with Crippen molar-refractivity contribution in [2.45, 2.75) is 6.10 Å². The number of likely N-dealkylation sites (tertiary alicyclic amines) is 1. The van der Waals surface area contributed by atoms with E-state index in [4.69, 9.17) is 21.1 Å². The molecule has 0 bridgehead atoms. The molecular weight excluding hydrogens is 268 g/mol. The molecule has 1 N–H and O–H groups in total. The summed E-state index contributed by atoms with van der Waals surface area (Å²) >= 11 is 6.00. The van der Waals surface area contributed by atoms with E-state index >= 15 is 0 Å². The molecule has 0 aromatic heterocycles. The number of nitrogens with zero attached hydrogens (tertiary/aromatic N) is 1. The summed E-state index contributed by atoms with van der Waals surface area (Å²) < 4.78 is 10.6. The van der Waals surface area contributed by atoms with Crippen molar-refractivity contribution in [1.29, 1.82) is 0 Å². The normalized spacial score (nSPS) is 14.9. The van der Waals surface area contributed by atoms with E-state index in [1.54, 1.807) is 18.1 Å². The molecule has 0 unspecified atom stereocenters. The molecule has 1 saturated heterocycles. The Labute approximate surface area is 117 Å². The molecular formula is C13H17ClN2O3. The Kier molecular flexibility index (Phi) is 4.87. The quantitative estimate of drug-likeness (QED) is 0.838. The van der Waals surface area contributed by atoms with Crippen LogP contribution < -0.4 is 10.1 Å². The monoisotopic (exact) mass is 284 g/mol. The third kappa shape index (κ3) is 3.75. The van der Waals surface area contributed by atoms with E-state index in [0.717, 1.165) is 0 Å². The number of carbonyl (C=O) groups excluding carboxylic acids is 1. The standard InChI is InChI=1S/C13H17ClN2O3/c1-18-7-6-15-13(17)16-8-10(9-16)19-12-5-3-2-4-11(12)14/h2-5,10H,6-9H2,1H3,(H,15,17). The SMILES string of the molecule is COCCNC(=O)N1CC(Oc2ccccc2Cl)C1. The maximum absolute atomic E-state index is 11.6. The lowest BCUT2D eigenvalue weighted by atomic mass is 10.2. The predicted octanol–water partition coefficient (Wildman–Crippen LogP) is 1.76. The van der Waals surface area contributed by atoms with Crippen LogP contribution in [0, 0.1) is 0 Å². The zero-order valence-corrected chi connectivity index (χ0v) is 11.5. The van der Waals surface area contributed by atoms with Crippen LogP contribution in [0.5, 0.6) is 5.75 Å². The van der Waals surface area contributed by atoms with Crippen molar-refractivity contribution in [3.05, 3.63) is 29.3 Å². The number of benzene rings is 1.